The lowest BCUT2D eigenvalue weighted by Crippen LogP contribution is -2.44. The molecule has 5 rings (SSSR count). The van der Waals surface area contributed by atoms with E-state index < -0.39 is 11.6 Å². The van der Waals surface area contributed by atoms with Gasteiger partial charge in [0.2, 0.25) is 0 Å². The second-order valence-electron chi connectivity index (χ2n) is 8.54. The van der Waals surface area contributed by atoms with Crippen LogP contribution in [0.15, 0.2) is 35.1 Å². The van der Waals surface area contributed by atoms with E-state index in [0.29, 0.717) is 23.4 Å². The van der Waals surface area contributed by atoms with Crippen molar-refractivity contribution in [2.75, 3.05) is 13.1 Å². The van der Waals surface area contributed by atoms with Crippen molar-refractivity contribution in [3.05, 3.63) is 62.9 Å². The molecule has 0 radical (unpaired) electrons. The molecule has 1 aromatic carbocycles. The molecule has 7 nitrogen and oxygen atoms in total. The number of hydrogen-bond acceptors (Lipinski definition) is 6. The second-order valence-corrected chi connectivity index (χ2v) is 8.54. The number of carbonyl (C=O) groups is 1. The van der Waals surface area contributed by atoms with Crippen LogP contribution < -0.4 is 10.9 Å². The minimum Gasteiger partial charge on any atom is -0.458 e. The van der Waals surface area contributed by atoms with E-state index in [2.05, 4.69) is 18.3 Å². The van der Waals surface area contributed by atoms with E-state index in [1.54, 1.807) is 17.6 Å². The maximum Gasteiger partial charge on any atom is 0.343 e. The molecule has 0 amide bonds. The molecular weight excluding hydrogens is 406 g/mol. The minimum atomic E-state index is -1.81. The molecule has 0 spiro atoms. The first kappa shape index (κ1) is 20.8. The summed E-state index contributed by atoms with van der Waals surface area (Å²) in [5.41, 5.74) is 3.17. The molecule has 166 valence electrons. The van der Waals surface area contributed by atoms with Gasteiger partial charge in [-0.15, -0.1) is 0 Å². The van der Waals surface area contributed by atoms with Crippen molar-refractivity contribution >= 4 is 16.9 Å². The summed E-state index contributed by atoms with van der Waals surface area (Å²) in [6.45, 7) is 5.96. The molecule has 2 aliphatic heterocycles. The third kappa shape index (κ3) is 2.99. The van der Waals surface area contributed by atoms with Gasteiger partial charge in [0.25, 0.3) is 5.56 Å². The number of para-hydroxylation sites is 1. The monoisotopic (exact) mass is 433 g/mol. The highest BCUT2D eigenvalue weighted by Crippen LogP contribution is 2.40. The summed E-state index contributed by atoms with van der Waals surface area (Å²) >= 11 is 0. The van der Waals surface area contributed by atoms with Crippen LogP contribution in [0.1, 0.15) is 48.9 Å². The molecule has 0 saturated heterocycles. The Labute approximate surface area is 186 Å². The second kappa shape index (κ2) is 7.83. The Hall–Kier alpha value is -3.03. The van der Waals surface area contributed by atoms with E-state index >= 15 is 0 Å². The lowest BCUT2D eigenvalue weighted by atomic mass is 9.86. The van der Waals surface area contributed by atoms with E-state index in [1.807, 2.05) is 18.2 Å². The first-order chi connectivity index (χ1) is 15.5. The quantitative estimate of drug-likeness (QED) is 0.359. The average molecular weight is 434 g/mol. The maximum absolute atomic E-state index is 13.4. The van der Waals surface area contributed by atoms with Crippen LogP contribution in [0.5, 0.6) is 0 Å². The highest BCUT2D eigenvalue weighted by atomic mass is 16.6. The molecule has 32 heavy (non-hydrogen) atoms. The number of ether oxygens (including phenoxy) is 1. The highest BCUT2D eigenvalue weighted by molar-refractivity contribution is 5.89. The van der Waals surface area contributed by atoms with Crippen molar-refractivity contribution < 1.29 is 14.6 Å². The molecular formula is C25H27N3O4. The van der Waals surface area contributed by atoms with Crippen LogP contribution >= 0.6 is 0 Å². The predicted molar refractivity (Wildman–Crippen MR) is 121 cm³/mol. The maximum atomic E-state index is 13.4. The van der Waals surface area contributed by atoms with E-state index in [-0.39, 0.29) is 18.6 Å². The number of benzene rings is 1. The van der Waals surface area contributed by atoms with E-state index in [4.69, 9.17) is 9.72 Å². The van der Waals surface area contributed by atoms with Crippen molar-refractivity contribution in [2.24, 2.45) is 0 Å². The third-order valence-electron chi connectivity index (χ3n) is 6.69. The van der Waals surface area contributed by atoms with E-state index in [9.17, 15) is 14.7 Å². The molecule has 0 unspecified atom stereocenters. The van der Waals surface area contributed by atoms with Crippen molar-refractivity contribution in [1.82, 2.24) is 14.9 Å². The average Bonchev–Trinajstić information content (AvgIpc) is 3.17. The Morgan fingerprint density at radius 3 is 2.78 bits per heavy atom. The van der Waals surface area contributed by atoms with Gasteiger partial charge in [-0.2, -0.15) is 0 Å². The fraction of sp³-hybridized carbons (Fsp3) is 0.400. The minimum absolute atomic E-state index is 0.116. The van der Waals surface area contributed by atoms with Crippen LogP contribution in [0.2, 0.25) is 0 Å². The fourth-order valence-electron chi connectivity index (χ4n) is 4.91. The smallest absolute Gasteiger partial charge is 0.343 e. The van der Waals surface area contributed by atoms with Gasteiger partial charge >= 0.3 is 5.97 Å². The predicted octanol–water partition coefficient (Wildman–Crippen LogP) is 2.62. The van der Waals surface area contributed by atoms with Crippen molar-refractivity contribution in [3.8, 4) is 11.4 Å². The van der Waals surface area contributed by atoms with E-state index in [1.165, 1.54) is 5.56 Å². The SMILES string of the molecule is CCCNCCc1c2c(nc3ccccc13)-c1cc3c(c(=O)n1C2)COC(=O)[C@]3(O)CC. The van der Waals surface area contributed by atoms with Gasteiger partial charge in [0.15, 0.2) is 5.60 Å². The standard InChI is InChI=1S/C25H27N3O4/c1-3-10-26-11-9-15-16-7-5-6-8-20(16)27-22-17(15)13-28-21(22)12-19-18(23(28)29)14-32-24(30)25(19,31)4-2/h5-8,12,26,31H,3-4,9-11,13-14H2,1-2H3/t25-/m0/s1. The molecule has 0 saturated carbocycles. The van der Waals surface area contributed by atoms with Crippen LogP contribution in [0.3, 0.4) is 0 Å². The number of rotatable bonds is 6. The van der Waals surface area contributed by atoms with Gasteiger partial charge in [-0.1, -0.05) is 32.0 Å². The summed E-state index contributed by atoms with van der Waals surface area (Å²) in [6, 6.07) is 9.81. The fourth-order valence-corrected chi connectivity index (χ4v) is 4.91. The number of nitrogens with zero attached hydrogens (tertiary/aromatic N) is 2. The highest BCUT2D eigenvalue weighted by Gasteiger charge is 2.45. The Morgan fingerprint density at radius 2 is 2.00 bits per heavy atom. The van der Waals surface area contributed by atoms with Gasteiger partial charge in [-0.05, 0) is 50.0 Å². The molecule has 0 bridgehead atoms. The number of aliphatic hydroxyl groups is 1. The number of hydrogen-bond donors (Lipinski definition) is 2. The van der Waals surface area contributed by atoms with Crippen LogP contribution in [-0.2, 0) is 34.7 Å². The summed E-state index contributed by atoms with van der Waals surface area (Å²) in [5, 5.41) is 15.6. The first-order valence-corrected chi connectivity index (χ1v) is 11.3. The number of fused-ring (bicyclic) bond motifs is 5. The van der Waals surface area contributed by atoms with Crippen LogP contribution in [0, 0.1) is 0 Å². The molecule has 0 fully saturated rings. The molecule has 2 N–H and O–H groups in total. The Morgan fingerprint density at radius 1 is 1.19 bits per heavy atom. The van der Waals surface area contributed by atoms with Crippen molar-refractivity contribution in [2.45, 2.75) is 51.9 Å². The van der Waals surface area contributed by atoms with E-state index in [0.717, 1.165) is 48.1 Å². The molecule has 4 heterocycles. The Kier molecular flexibility index (Phi) is 5.10. The molecule has 0 aliphatic carbocycles. The van der Waals surface area contributed by atoms with Crippen molar-refractivity contribution in [3.63, 3.8) is 0 Å². The lowest BCUT2D eigenvalue weighted by molar-refractivity contribution is -0.172. The topological polar surface area (TPSA) is 93.5 Å². The Bertz CT molecular complexity index is 1300. The van der Waals surface area contributed by atoms with Crippen molar-refractivity contribution in [1.29, 1.82) is 0 Å². The number of pyridine rings is 2. The normalized spacial score (nSPS) is 18.9. The van der Waals surface area contributed by atoms with Gasteiger partial charge in [-0.25, -0.2) is 9.78 Å². The van der Waals surface area contributed by atoms with Gasteiger partial charge in [-0.3, -0.25) is 4.79 Å². The zero-order valence-electron chi connectivity index (χ0n) is 18.4. The third-order valence-corrected chi connectivity index (χ3v) is 6.69. The van der Waals surface area contributed by atoms with Crippen LogP contribution in [0.4, 0.5) is 0 Å². The van der Waals surface area contributed by atoms with Crippen LogP contribution in [-0.4, -0.2) is 33.7 Å². The Balaban J connectivity index is 1.71. The number of esters is 1. The van der Waals surface area contributed by atoms with Crippen LogP contribution in [0.25, 0.3) is 22.3 Å². The van der Waals surface area contributed by atoms with Gasteiger partial charge in [0.05, 0.1) is 29.0 Å². The molecule has 7 heteroatoms. The van der Waals surface area contributed by atoms with Gasteiger partial charge in [0.1, 0.15) is 6.61 Å². The number of cyclic esters (lactones) is 1. The first-order valence-electron chi connectivity index (χ1n) is 11.3. The zero-order chi connectivity index (χ0) is 22.5. The number of nitrogens with one attached hydrogen (secondary N) is 1. The zero-order valence-corrected chi connectivity index (χ0v) is 18.4. The molecule has 2 aromatic heterocycles. The largest absolute Gasteiger partial charge is 0.458 e. The summed E-state index contributed by atoms with van der Waals surface area (Å²) in [5.74, 6) is -0.704. The summed E-state index contributed by atoms with van der Waals surface area (Å²) in [7, 11) is 0. The van der Waals surface area contributed by atoms with Gasteiger partial charge in [0, 0.05) is 16.5 Å². The molecule has 2 aliphatic rings. The molecule has 3 aromatic rings. The number of carbonyl (C=O) groups excluding carboxylic acids is 1. The van der Waals surface area contributed by atoms with Gasteiger partial charge < -0.3 is 19.7 Å². The number of aromatic nitrogens is 2. The molecule has 1 atom stereocenters. The summed E-state index contributed by atoms with van der Waals surface area (Å²) in [6.07, 6.45) is 2.03. The lowest BCUT2D eigenvalue weighted by Gasteiger charge is -2.31. The summed E-state index contributed by atoms with van der Waals surface area (Å²) < 4.78 is 6.87. The summed E-state index contributed by atoms with van der Waals surface area (Å²) in [4.78, 5) is 30.7.